The number of nitrogens with zero attached hydrogens (tertiary/aromatic N) is 2. The lowest BCUT2D eigenvalue weighted by molar-refractivity contribution is -0.141. The van der Waals surface area contributed by atoms with Crippen molar-refractivity contribution < 1.29 is 18.0 Å². The fraction of sp³-hybridized carbons (Fsp3) is 0.500. The molecule has 0 spiro atoms. The summed E-state index contributed by atoms with van der Waals surface area (Å²) in [5.41, 5.74) is 3.06. The molecule has 0 saturated carbocycles. The van der Waals surface area contributed by atoms with Gasteiger partial charge in [-0.05, 0) is 68.0 Å². The molecule has 0 aromatic heterocycles. The number of hydrogen-bond acceptors (Lipinski definition) is 4. The van der Waals surface area contributed by atoms with Crippen molar-refractivity contribution in [2.24, 2.45) is 0 Å². The van der Waals surface area contributed by atoms with Gasteiger partial charge < -0.3 is 10.2 Å². The summed E-state index contributed by atoms with van der Waals surface area (Å²) in [7, 11) is -3.57. The molecule has 38 heavy (non-hydrogen) atoms. The molecule has 2 aromatic rings. The molecule has 210 valence electrons. The van der Waals surface area contributed by atoms with Gasteiger partial charge in [-0.15, -0.1) is 0 Å². The van der Waals surface area contributed by atoms with Crippen LogP contribution in [0.4, 0.5) is 5.69 Å². The third kappa shape index (κ3) is 9.17. The SMILES string of the molecule is CCCCNC(=O)[C@H](CC)N(Cc1ccc(Cl)cc1Cl)C(=O)CCCN(c1cc(C)ccc1C)S(C)(=O)=O. The van der Waals surface area contributed by atoms with Crippen LogP contribution in [0, 0.1) is 13.8 Å². The van der Waals surface area contributed by atoms with Gasteiger partial charge >= 0.3 is 0 Å². The molecule has 0 radical (unpaired) electrons. The maximum absolute atomic E-state index is 13.6. The fourth-order valence-electron chi connectivity index (χ4n) is 4.23. The molecule has 2 amide bonds. The van der Waals surface area contributed by atoms with Gasteiger partial charge in [0.2, 0.25) is 21.8 Å². The van der Waals surface area contributed by atoms with Gasteiger partial charge in [0, 0.05) is 36.1 Å². The highest BCUT2D eigenvalue weighted by Crippen LogP contribution is 2.26. The molecule has 0 heterocycles. The number of sulfonamides is 1. The molecular formula is C28H39Cl2N3O4S. The summed E-state index contributed by atoms with van der Waals surface area (Å²) in [6.07, 6.45) is 3.74. The van der Waals surface area contributed by atoms with Crippen LogP contribution in [0.3, 0.4) is 0 Å². The van der Waals surface area contributed by atoms with Gasteiger partial charge in [-0.2, -0.15) is 0 Å². The Morgan fingerprint density at radius 3 is 2.34 bits per heavy atom. The fourth-order valence-corrected chi connectivity index (χ4v) is 5.71. The minimum Gasteiger partial charge on any atom is -0.354 e. The predicted molar refractivity (Wildman–Crippen MR) is 156 cm³/mol. The highest BCUT2D eigenvalue weighted by atomic mass is 35.5. The van der Waals surface area contributed by atoms with Crippen molar-refractivity contribution in [2.75, 3.05) is 23.7 Å². The van der Waals surface area contributed by atoms with E-state index in [0.29, 0.717) is 34.3 Å². The molecule has 0 aliphatic rings. The van der Waals surface area contributed by atoms with Crippen LogP contribution in [0.15, 0.2) is 36.4 Å². The molecule has 2 rings (SSSR count). The van der Waals surface area contributed by atoms with E-state index in [-0.39, 0.29) is 37.7 Å². The largest absolute Gasteiger partial charge is 0.354 e. The van der Waals surface area contributed by atoms with Crippen molar-refractivity contribution in [3.63, 3.8) is 0 Å². The van der Waals surface area contributed by atoms with Crippen LogP contribution in [0.5, 0.6) is 0 Å². The third-order valence-corrected chi connectivity index (χ3v) is 8.12. The summed E-state index contributed by atoms with van der Waals surface area (Å²) in [6.45, 7) is 8.49. The first-order valence-corrected chi connectivity index (χ1v) is 15.6. The highest BCUT2D eigenvalue weighted by Gasteiger charge is 2.29. The van der Waals surface area contributed by atoms with Crippen molar-refractivity contribution in [3.05, 3.63) is 63.1 Å². The summed E-state index contributed by atoms with van der Waals surface area (Å²) in [5, 5.41) is 3.82. The van der Waals surface area contributed by atoms with Crippen LogP contribution in [0.1, 0.15) is 62.6 Å². The smallest absolute Gasteiger partial charge is 0.242 e. The van der Waals surface area contributed by atoms with E-state index >= 15 is 0 Å². The Balaban J connectivity index is 2.27. The van der Waals surface area contributed by atoms with E-state index in [2.05, 4.69) is 5.32 Å². The number of hydrogen-bond donors (Lipinski definition) is 1. The first-order chi connectivity index (χ1) is 17.9. The van der Waals surface area contributed by atoms with Gasteiger partial charge in [-0.25, -0.2) is 8.42 Å². The average molecular weight is 585 g/mol. The van der Waals surface area contributed by atoms with Gasteiger partial charge in [0.15, 0.2) is 0 Å². The number of rotatable bonds is 14. The zero-order valence-electron chi connectivity index (χ0n) is 22.9. The Morgan fingerprint density at radius 1 is 1.03 bits per heavy atom. The standard InChI is InChI=1S/C28H39Cl2N3O4S/c1-6-8-15-31-28(35)25(7-2)32(19-22-13-14-23(29)18-24(22)30)27(34)10-9-16-33(38(5,36)37)26-17-20(3)11-12-21(26)4/h11-14,17-18,25H,6-10,15-16,19H2,1-5H3,(H,31,35)/t25-/m0/s1. The van der Waals surface area contributed by atoms with Gasteiger partial charge in [-0.3, -0.25) is 13.9 Å². The summed E-state index contributed by atoms with van der Waals surface area (Å²) in [5.74, 6) is -0.463. The Kier molecular flexibility index (Phi) is 12.4. The molecule has 0 bridgehead atoms. The number of carbonyl (C=O) groups is 2. The number of carbonyl (C=O) groups excluding carboxylic acids is 2. The average Bonchev–Trinajstić information content (AvgIpc) is 2.84. The quantitative estimate of drug-likeness (QED) is 0.281. The molecule has 0 unspecified atom stereocenters. The van der Waals surface area contributed by atoms with E-state index in [1.54, 1.807) is 23.1 Å². The topological polar surface area (TPSA) is 86.8 Å². The lowest BCUT2D eigenvalue weighted by atomic mass is 10.1. The van der Waals surface area contributed by atoms with Crippen molar-refractivity contribution in [2.45, 2.75) is 72.4 Å². The van der Waals surface area contributed by atoms with E-state index in [4.69, 9.17) is 23.2 Å². The van der Waals surface area contributed by atoms with Crippen LogP contribution < -0.4 is 9.62 Å². The Bertz CT molecular complexity index is 1220. The molecule has 7 nitrogen and oxygen atoms in total. The summed E-state index contributed by atoms with van der Waals surface area (Å²) < 4.78 is 26.6. The number of benzene rings is 2. The molecule has 0 aliphatic heterocycles. The lowest BCUT2D eigenvalue weighted by Gasteiger charge is -2.31. The number of nitrogens with one attached hydrogen (secondary N) is 1. The second kappa shape index (κ2) is 14.8. The Hall–Kier alpha value is -2.29. The maximum atomic E-state index is 13.6. The zero-order valence-corrected chi connectivity index (χ0v) is 25.2. The number of halogens is 2. The molecular weight excluding hydrogens is 545 g/mol. The van der Waals surface area contributed by atoms with Crippen LogP contribution in [-0.4, -0.2) is 50.5 Å². The van der Waals surface area contributed by atoms with Crippen LogP contribution in [-0.2, 0) is 26.2 Å². The van der Waals surface area contributed by atoms with Crippen molar-refractivity contribution >= 4 is 50.7 Å². The molecule has 0 fully saturated rings. The van der Waals surface area contributed by atoms with E-state index in [1.165, 1.54) is 10.6 Å². The van der Waals surface area contributed by atoms with Crippen LogP contribution in [0.25, 0.3) is 0 Å². The third-order valence-electron chi connectivity index (χ3n) is 6.36. The Labute approximate surface area is 237 Å². The number of unbranched alkanes of at least 4 members (excludes halogenated alkanes) is 1. The van der Waals surface area contributed by atoms with Gasteiger partial charge in [0.05, 0.1) is 11.9 Å². The van der Waals surface area contributed by atoms with Crippen LogP contribution in [0.2, 0.25) is 10.0 Å². The summed E-state index contributed by atoms with van der Waals surface area (Å²) >= 11 is 12.5. The van der Waals surface area contributed by atoms with Gasteiger partial charge in [0.1, 0.15) is 6.04 Å². The predicted octanol–water partition coefficient (Wildman–Crippen LogP) is 5.88. The molecule has 2 aromatic carbocycles. The van der Waals surface area contributed by atoms with Crippen molar-refractivity contribution in [1.82, 2.24) is 10.2 Å². The molecule has 0 aliphatic carbocycles. The minimum atomic E-state index is -3.57. The number of amides is 2. The first-order valence-electron chi connectivity index (χ1n) is 12.9. The van der Waals surface area contributed by atoms with Gasteiger partial charge in [0.25, 0.3) is 0 Å². The molecule has 10 heteroatoms. The van der Waals surface area contributed by atoms with E-state index < -0.39 is 16.1 Å². The highest BCUT2D eigenvalue weighted by molar-refractivity contribution is 7.92. The minimum absolute atomic E-state index is 0.0703. The maximum Gasteiger partial charge on any atom is 0.242 e. The summed E-state index contributed by atoms with van der Waals surface area (Å²) in [6, 6.07) is 10.0. The monoisotopic (exact) mass is 583 g/mol. The van der Waals surface area contributed by atoms with Crippen LogP contribution >= 0.6 is 23.2 Å². The number of aryl methyl sites for hydroxylation is 2. The molecule has 1 N–H and O–H groups in total. The van der Waals surface area contributed by atoms with E-state index in [1.807, 2.05) is 45.9 Å². The van der Waals surface area contributed by atoms with Crippen molar-refractivity contribution in [1.29, 1.82) is 0 Å². The lowest BCUT2D eigenvalue weighted by Crippen LogP contribution is -2.49. The molecule has 0 saturated heterocycles. The summed E-state index contributed by atoms with van der Waals surface area (Å²) in [4.78, 5) is 28.1. The zero-order chi connectivity index (χ0) is 28.5. The normalized spacial score (nSPS) is 12.2. The second-order valence-electron chi connectivity index (χ2n) is 9.55. The number of anilines is 1. The van der Waals surface area contributed by atoms with Crippen molar-refractivity contribution in [3.8, 4) is 0 Å². The Morgan fingerprint density at radius 2 is 1.74 bits per heavy atom. The van der Waals surface area contributed by atoms with Gasteiger partial charge in [-0.1, -0.05) is 61.7 Å². The van der Waals surface area contributed by atoms with E-state index in [0.717, 1.165) is 24.0 Å². The first kappa shape index (κ1) is 31.9. The second-order valence-corrected chi connectivity index (χ2v) is 12.3. The van der Waals surface area contributed by atoms with E-state index in [9.17, 15) is 18.0 Å². The molecule has 1 atom stereocenters.